The Bertz CT molecular complexity index is 591. The minimum atomic E-state index is -0.855. The van der Waals surface area contributed by atoms with Crippen LogP contribution in [0.3, 0.4) is 0 Å². The molecule has 1 unspecified atom stereocenters. The van der Waals surface area contributed by atoms with Gasteiger partial charge in [0.25, 0.3) is 0 Å². The van der Waals surface area contributed by atoms with Crippen LogP contribution in [0, 0.1) is 11.3 Å². The Balaban J connectivity index is 2.96. The van der Waals surface area contributed by atoms with Gasteiger partial charge in [0, 0.05) is 5.57 Å². The van der Waals surface area contributed by atoms with Gasteiger partial charge in [-0.1, -0.05) is 18.2 Å². The van der Waals surface area contributed by atoms with Gasteiger partial charge >= 0.3 is 5.97 Å². The van der Waals surface area contributed by atoms with E-state index >= 15 is 0 Å². The highest BCUT2D eigenvalue weighted by molar-refractivity contribution is 5.88. The first-order chi connectivity index (χ1) is 10.0. The zero-order valence-electron chi connectivity index (χ0n) is 12.5. The van der Waals surface area contributed by atoms with Crippen LogP contribution in [0.4, 0.5) is 0 Å². The zero-order chi connectivity index (χ0) is 15.8. The molecule has 1 rings (SSSR count). The Labute approximate surface area is 125 Å². The summed E-state index contributed by atoms with van der Waals surface area (Å²) in [4.78, 5) is 11.6. The standard InChI is InChI=1S/C17H19NO3/c1-4-14(10-12(3)17(20)21-5-2)16(19)15-8-6-13(11-18)7-9-15/h4,6-10,16,19H,5H2,1-3H3/b12-10+,14-4-. The molecular formula is C17H19NO3. The van der Waals surface area contributed by atoms with Gasteiger partial charge in [-0.25, -0.2) is 4.79 Å². The Morgan fingerprint density at radius 2 is 2.05 bits per heavy atom. The number of rotatable bonds is 5. The Kier molecular flexibility index (Phi) is 6.38. The van der Waals surface area contributed by atoms with Crippen molar-refractivity contribution in [1.82, 2.24) is 0 Å². The molecule has 0 radical (unpaired) electrons. The van der Waals surface area contributed by atoms with E-state index in [1.165, 1.54) is 0 Å². The highest BCUT2D eigenvalue weighted by Gasteiger charge is 2.13. The summed E-state index contributed by atoms with van der Waals surface area (Å²) < 4.78 is 4.91. The third-order valence-electron chi connectivity index (χ3n) is 2.99. The lowest BCUT2D eigenvalue weighted by molar-refractivity contribution is -0.138. The number of nitriles is 1. The molecule has 0 heterocycles. The predicted molar refractivity (Wildman–Crippen MR) is 80.3 cm³/mol. The van der Waals surface area contributed by atoms with Crippen LogP contribution in [0.2, 0.25) is 0 Å². The molecule has 0 saturated heterocycles. The maximum Gasteiger partial charge on any atom is 0.333 e. The molecule has 110 valence electrons. The van der Waals surface area contributed by atoms with E-state index in [2.05, 4.69) is 0 Å². The van der Waals surface area contributed by atoms with Crippen molar-refractivity contribution in [3.63, 3.8) is 0 Å². The van der Waals surface area contributed by atoms with Crippen molar-refractivity contribution in [3.05, 3.63) is 58.7 Å². The number of ether oxygens (including phenoxy) is 1. The van der Waals surface area contributed by atoms with Gasteiger partial charge in [0.15, 0.2) is 0 Å². The first-order valence-electron chi connectivity index (χ1n) is 6.73. The van der Waals surface area contributed by atoms with Crippen molar-refractivity contribution < 1.29 is 14.6 Å². The highest BCUT2D eigenvalue weighted by atomic mass is 16.5. The number of benzene rings is 1. The first kappa shape index (κ1) is 16.7. The Morgan fingerprint density at radius 3 is 2.52 bits per heavy atom. The molecule has 21 heavy (non-hydrogen) atoms. The summed E-state index contributed by atoms with van der Waals surface area (Å²) in [5.74, 6) is -0.399. The Morgan fingerprint density at radius 1 is 1.43 bits per heavy atom. The van der Waals surface area contributed by atoms with Crippen LogP contribution in [0.1, 0.15) is 38.0 Å². The second kappa shape index (κ2) is 8.03. The van der Waals surface area contributed by atoms with Crippen molar-refractivity contribution >= 4 is 5.97 Å². The largest absolute Gasteiger partial charge is 0.463 e. The van der Waals surface area contributed by atoms with Crippen LogP contribution in [-0.4, -0.2) is 17.7 Å². The number of aliphatic hydroxyl groups is 1. The summed E-state index contributed by atoms with van der Waals surface area (Å²) in [6.45, 7) is 5.49. The van der Waals surface area contributed by atoms with Gasteiger partial charge in [-0.05, 0) is 50.1 Å². The topological polar surface area (TPSA) is 70.3 Å². The van der Waals surface area contributed by atoms with Crippen LogP contribution >= 0.6 is 0 Å². The maximum atomic E-state index is 11.6. The molecule has 0 saturated carbocycles. The van der Waals surface area contributed by atoms with Crippen LogP contribution in [0.15, 0.2) is 47.6 Å². The number of esters is 1. The number of allylic oxidation sites excluding steroid dienone is 1. The van der Waals surface area contributed by atoms with E-state index in [0.717, 1.165) is 0 Å². The van der Waals surface area contributed by atoms with Crippen molar-refractivity contribution in [2.45, 2.75) is 26.9 Å². The fourth-order valence-electron chi connectivity index (χ4n) is 1.81. The molecule has 0 aliphatic carbocycles. The second-order valence-corrected chi connectivity index (χ2v) is 4.47. The Hall–Kier alpha value is -2.38. The van der Waals surface area contributed by atoms with Crippen LogP contribution in [0.5, 0.6) is 0 Å². The monoisotopic (exact) mass is 285 g/mol. The van der Waals surface area contributed by atoms with E-state index in [1.54, 1.807) is 57.2 Å². The normalized spacial score (nSPS) is 13.5. The fourth-order valence-corrected chi connectivity index (χ4v) is 1.81. The molecule has 1 atom stereocenters. The van der Waals surface area contributed by atoms with Gasteiger partial charge < -0.3 is 9.84 Å². The molecule has 0 spiro atoms. The van der Waals surface area contributed by atoms with Crippen LogP contribution in [0.25, 0.3) is 0 Å². The van der Waals surface area contributed by atoms with E-state index in [9.17, 15) is 9.90 Å². The molecule has 0 bridgehead atoms. The quantitative estimate of drug-likeness (QED) is 0.513. The lowest BCUT2D eigenvalue weighted by Crippen LogP contribution is -2.07. The van der Waals surface area contributed by atoms with E-state index in [1.807, 2.05) is 6.07 Å². The highest BCUT2D eigenvalue weighted by Crippen LogP contribution is 2.24. The average molecular weight is 285 g/mol. The summed E-state index contributed by atoms with van der Waals surface area (Å²) in [5, 5.41) is 19.1. The third-order valence-corrected chi connectivity index (χ3v) is 2.99. The van der Waals surface area contributed by atoms with Crippen molar-refractivity contribution in [2.24, 2.45) is 0 Å². The molecule has 4 heteroatoms. The number of hydrogen-bond donors (Lipinski definition) is 1. The van der Waals surface area contributed by atoms with Crippen molar-refractivity contribution in [2.75, 3.05) is 6.61 Å². The number of hydrogen-bond acceptors (Lipinski definition) is 4. The molecule has 0 aliphatic rings. The SMILES string of the molecule is C/C=C(/C=C(\C)C(=O)OCC)C(O)c1ccc(C#N)cc1. The van der Waals surface area contributed by atoms with Gasteiger partial charge in [0.2, 0.25) is 0 Å². The van der Waals surface area contributed by atoms with Crippen LogP contribution < -0.4 is 0 Å². The van der Waals surface area contributed by atoms with Crippen molar-refractivity contribution in [3.8, 4) is 6.07 Å². The third kappa shape index (κ3) is 4.59. The summed E-state index contributed by atoms with van der Waals surface area (Å²) in [5.41, 5.74) is 2.23. The zero-order valence-corrected chi connectivity index (χ0v) is 12.5. The average Bonchev–Trinajstić information content (AvgIpc) is 2.52. The van der Waals surface area contributed by atoms with E-state index in [4.69, 9.17) is 10.00 Å². The molecular weight excluding hydrogens is 266 g/mol. The van der Waals surface area contributed by atoms with E-state index in [-0.39, 0.29) is 0 Å². The van der Waals surface area contributed by atoms with Gasteiger partial charge in [0.05, 0.1) is 18.2 Å². The van der Waals surface area contributed by atoms with Gasteiger partial charge in [0.1, 0.15) is 6.10 Å². The van der Waals surface area contributed by atoms with E-state index in [0.29, 0.717) is 28.9 Å². The molecule has 0 amide bonds. The minimum absolute atomic E-state index is 0.313. The second-order valence-electron chi connectivity index (χ2n) is 4.47. The number of carbonyl (C=O) groups is 1. The van der Waals surface area contributed by atoms with Crippen molar-refractivity contribution in [1.29, 1.82) is 5.26 Å². The number of carbonyl (C=O) groups excluding carboxylic acids is 1. The molecule has 0 aromatic heterocycles. The lowest BCUT2D eigenvalue weighted by atomic mass is 9.98. The molecule has 1 aromatic carbocycles. The molecule has 1 aromatic rings. The predicted octanol–water partition coefficient (Wildman–Crippen LogP) is 3.05. The van der Waals surface area contributed by atoms with Gasteiger partial charge in [-0.2, -0.15) is 5.26 Å². The summed E-state index contributed by atoms with van der Waals surface area (Å²) in [7, 11) is 0. The molecule has 4 nitrogen and oxygen atoms in total. The molecule has 0 fully saturated rings. The summed E-state index contributed by atoms with van der Waals surface area (Å²) in [6, 6.07) is 8.71. The van der Waals surface area contributed by atoms with Crippen LogP contribution in [-0.2, 0) is 9.53 Å². The molecule has 0 aliphatic heterocycles. The van der Waals surface area contributed by atoms with Gasteiger partial charge in [-0.15, -0.1) is 0 Å². The first-order valence-corrected chi connectivity index (χ1v) is 6.73. The summed E-state index contributed by atoms with van der Waals surface area (Å²) in [6.07, 6.45) is 2.50. The lowest BCUT2D eigenvalue weighted by Gasteiger charge is -2.13. The number of nitrogens with zero attached hydrogens (tertiary/aromatic N) is 1. The maximum absolute atomic E-state index is 11.6. The minimum Gasteiger partial charge on any atom is -0.463 e. The van der Waals surface area contributed by atoms with E-state index < -0.39 is 12.1 Å². The summed E-state index contributed by atoms with van der Waals surface area (Å²) >= 11 is 0. The van der Waals surface area contributed by atoms with Gasteiger partial charge in [-0.3, -0.25) is 0 Å². The number of aliphatic hydroxyl groups excluding tert-OH is 1. The smallest absolute Gasteiger partial charge is 0.333 e. The molecule has 1 N–H and O–H groups in total. The fraction of sp³-hybridized carbons (Fsp3) is 0.294.